The molecule has 0 atom stereocenters. The maximum absolute atomic E-state index is 4.75. The molecule has 100 valence electrons. The fraction of sp³-hybridized carbons (Fsp3) is 0.200. The molecule has 0 aliphatic carbocycles. The zero-order valence-electron chi connectivity index (χ0n) is 10.8. The number of fused-ring (bicyclic) bond motifs is 3. The van der Waals surface area contributed by atoms with Crippen LogP contribution in [0.3, 0.4) is 0 Å². The van der Waals surface area contributed by atoms with Crippen LogP contribution < -0.4 is 5.32 Å². The largest absolute Gasteiger partial charge is 0.311 e. The summed E-state index contributed by atoms with van der Waals surface area (Å²) in [5, 5.41) is 8.13. The van der Waals surface area contributed by atoms with Crippen LogP contribution in [0.1, 0.15) is 11.4 Å². The average Bonchev–Trinajstić information content (AvgIpc) is 2.86. The van der Waals surface area contributed by atoms with Crippen molar-refractivity contribution in [3.05, 3.63) is 52.3 Å². The molecule has 0 spiro atoms. The van der Waals surface area contributed by atoms with Gasteiger partial charge in [0, 0.05) is 29.5 Å². The Balaban J connectivity index is 1.87. The third-order valence-corrected chi connectivity index (χ3v) is 4.15. The van der Waals surface area contributed by atoms with E-state index >= 15 is 0 Å². The molecule has 0 amide bonds. The third-order valence-electron chi connectivity index (χ3n) is 3.62. The lowest BCUT2D eigenvalue weighted by atomic mass is 10.1. The molecule has 0 bridgehead atoms. The zero-order chi connectivity index (χ0) is 13.5. The van der Waals surface area contributed by atoms with Gasteiger partial charge in [-0.1, -0.05) is 28.1 Å². The van der Waals surface area contributed by atoms with Gasteiger partial charge in [-0.3, -0.25) is 0 Å². The standard InChI is InChI=1S/C15H13BrN4/c16-11-3-1-10(2-4-11)12-5-6-15-18-13-7-8-17-9-14(13)20(15)19-12/h1-6,17H,7-9H2. The Morgan fingerprint density at radius 1 is 1.10 bits per heavy atom. The van der Waals surface area contributed by atoms with Crippen molar-refractivity contribution in [3.8, 4) is 11.3 Å². The Kier molecular flexibility index (Phi) is 2.82. The van der Waals surface area contributed by atoms with E-state index in [4.69, 9.17) is 5.10 Å². The highest BCUT2D eigenvalue weighted by molar-refractivity contribution is 9.10. The van der Waals surface area contributed by atoms with Crippen molar-refractivity contribution in [1.29, 1.82) is 0 Å². The van der Waals surface area contributed by atoms with Gasteiger partial charge in [0.15, 0.2) is 5.65 Å². The quantitative estimate of drug-likeness (QED) is 0.746. The highest BCUT2D eigenvalue weighted by atomic mass is 79.9. The van der Waals surface area contributed by atoms with E-state index < -0.39 is 0 Å². The maximum Gasteiger partial charge on any atom is 0.154 e. The fourth-order valence-electron chi connectivity index (χ4n) is 2.59. The molecule has 1 aliphatic rings. The van der Waals surface area contributed by atoms with Gasteiger partial charge in [-0.2, -0.15) is 5.10 Å². The second-order valence-corrected chi connectivity index (χ2v) is 5.84. The van der Waals surface area contributed by atoms with Crippen LogP contribution in [-0.4, -0.2) is 21.1 Å². The van der Waals surface area contributed by atoms with E-state index in [9.17, 15) is 0 Å². The van der Waals surface area contributed by atoms with Crippen LogP contribution in [0.2, 0.25) is 0 Å². The zero-order valence-corrected chi connectivity index (χ0v) is 12.4. The van der Waals surface area contributed by atoms with Crippen LogP contribution in [0.5, 0.6) is 0 Å². The van der Waals surface area contributed by atoms with Gasteiger partial charge in [-0.15, -0.1) is 0 Å². The average molecular weight is 329 g/mol. The number of halogens is 1. The summed E-state index contributed by atoms with van der Waals surface area (Å²) in [4.78, 5) is 4.66. The molecular weight excluding hydrogens is 316 g/mol. The first-order valence-corrected chi connectivity index (χ1v) is 7.45. The van der Waals surface area contributed by atoms with Gasteiger partial charge in [0.1, 0.15) is 0 Å². The van der Waals surface area contributed by atoms with Crippen molar-refractivity contribution < 1.29 is 0 Å². The molecule has 3 aromatic rings. The summed E-state index contributed by atoms with van der Waals surface area (Å²) in [6.07, 6.45) is 0.978. The van der Waals surface area contributed by atoms with Crippen LogP contribution in [0.15, 0.2) is 40.9 Å². The summed E-state index contributed by atoms with van der Waals surface area (Å²) in [6, 6.07) is 12.3. The van der Waals surface area contributed by atoms with Crippen LogP contribution in [0.25, 0.3) is 16.9 Å². The van der Waals surface area contributed by atoms with Crippen LogP contribution >= 0.6 is 15.9 Å². The van der Waals surface area contributed by atoms with Crippen LogP contribution in [-0.2, 0) is 13.0 Å². The van der Waals surface area contributed by atoms with E-state index in [1.165, 1.54) is 11.4 Å². The highest BCUT2D eigenvalue weighted by Gasteiger charge is 2.16. The van der Waals surface area contributed by atoms with E-state index in [-0.39, 0.29) is 0 Å². The molecule has 3 heterocycles. The third kappa shape index (κ3) is 1.94. The SMILES string of the molecule is Brc1ccc(-c2ccc3nc4c(n3n2)CNCC4)cc1. The van der Waals surface area contributed by atoms with Crippen LogP contribution in [0, 0.1) is 0 Å². The van der Waals surface area contributed by atoms with Gasteiger partial charge in [0.05, 0.1) is 17.1 Å². The van der Waals surface area contributed by atoms with Crippen molar-refractivity contribution in [1.82, 2.24) is 19.9 Å². The number of benzene rings is 1. The van der Waals surface area contributed by atoms with Crippen molar-refractivity contribution in [3.63, 3.8) is 0 Å². The maximum atomic E-state index is 4.75. The first-order chi connectivity index (χ1) is 9.81. The summed E-state index contributed by atoms with van der Waals surface area (Å²) in [5.74, 6) is 0. The normalized spacial score (nSPS) is 14.4. The van der Waals surface area contributed by atoms with Gasteiger partial charge in [0.25, 0.3) is 0 Å². The van der Waals surface area contributed by atoms with E-state index in [1.807, 2.05) is 28.8 Å². The number of nitrogens with one attached hydrogen (secondary N) is 1. The molecule has 0 saturated heterocycles. The second-order valence-electron chi connectivity index (χ2n) is 4.93. The fourth-order valence-corrected chi connectivity index (χ4v) is 2.85. The minimum absolute atomic E-state index is 0.841. The summed E-state index contributed by atoms with van der Waals surface area (Å²) in [6.45, 7) is 1.84. The molecule has 4 nitrogen and oxygen atoms in total. The number of hydrogen-bond donors (Lipinski definition) is 1. The van der Waals surface area contributed by atoms with E-state index in [1.54, 1.807) is 0 Å². The molecule has 0 radical (unpaired) electrons. The molecule has 1 N–H and O–H groups in total. The molecule has 5 heteroatoms. The van der Waals surface area contributed by atoms with Gasteiger partial charge in [0.2, 0.25) is 0 Å². The minimum Gasteiger partial charge on any atom is -0.311 e. The Hall–Kier alpha value is -1.72. The Morgan fingerprint density at radius 3 is 2.80 bits per heavy atom. The molecule has 0 fully saturated rings. The van der Waals surface area contributed by atoms with Crippen LogP contribution in [0.4, 0.5) is 0 Å². The number of hydrogen-bond acceptors (Lipinski definition) is 3. The Bertz CT molecular complexity index is 776. The number of imidazole rings is 1. The van der Waals surface area contributed by atoms with E-state index in [0.29, 0.717) is 0 Å². The van der Waals surface area contributed by atoms with Crippen molar-refractivity contribution in [2.24, 2.45) is 0 Å². The number of nitrogens with zero attached hydrogens (tertiary/aromatic N) is 3. The first-order valence-electron chi connectivity index (χ1n) is 6.65. The highest BCUT2D eigenvalue weighted by Crippen LogP contribution is 2.22. The molecule has 1 aromatic carbocycles. The number of aromatic nitrogens is 3. The van der Waals surface area contributed by atoms with Gasteiger partial charge < -0.3 is 5.32 Å². The molecule has 4 rings (SSSR count). The van der Waals surface area contributed by atoms with Gasteiger partial charge >= 0.3 is 0 Å². The monoisotopic (exact) mass is 328 g/mol. The van der Waals surface area contributed by atoms with Crippen molar-refractivity contribution >= 4 is 21.6 Å². The van der Waals surface area contributed by atoms with Gasteiger partial charge in [-0.25, -0.2) is 9.50 Å². The minimum atomic E-state index is 0.841. The lowest BCUT2D eigenvalue weighted by Gasteiger charge is -2.11. The summed E-state index contributed by atoms with van der Waals surface area (Å²) < 4.78 is 3.05. The van der Waals surface area contributed by atoms with E-state index in [2.05, 4.69) is 38.4 Å². The summed E-state index contributed by atoms with van der Waals surface area (Å²) >= 11 is 3.46. The lowest BCUT2D eigenvalue weighted by molar-refractivity contribution is 0.611. The Morgan fingerprint density at radius 2 is 1.95 bits per heavy atom. The predicted octanol–water partition coefficient (Wildman–Crippen LogP) is 2.80. The first kappa shape index (κ1) is 12.1. The molecule has 1 aliphatic heterocycles. The van der Waals surface area contributed by atoms with Crippen molar-refractivity contribution in [2.75, 3.05) is 6.54 Å². The summed E-state index contributed by atoms with van der Waals surface area (Å²) in [7, 11) is 0. The lowest BCUT2D eigenvalue weighted by Crippen LogP contribution is -2.24. The second kappa shape index (κ2) is 4.68. The molecular formula is C15H13BrN4. The number of rotatable bonds is 1. The molecule has 20 heavy (non-hydrogen) atoms. The van der Waals surface area contributed by atoms with Gasteiger partial charge in [-0.05, 0) is 24.3 Å². The Labute approximate surface area is 125 Å². The smallest absolute Gasteiger partial charge is 0.154 e. The predicted molar refractivity (Wildman–Crippen MR) is 81.5 cm³/mol. The topological polar surface area (TPSA) is 42.2 Å². The molecule has 2 aromatic heterocycles. The summed E-state index contributed by atoms with van der Waals surface area (Å²) in [5.41, 5.74) is 5.37. The molecule has 0 saturated carbocycles. The van der Waals surface area contributed by atoms with Crippen molar-refractivity contribution in [2.45, 2.75) is 13.0 Å². The van der Waals surface area contributed by atoms with E-state index in [0.717, 1.165) is 40.9 Å². The molecule has 0 unspecified atom stereocenters.